The Bertz CT molecular complexity index is 507. The highest BCUT2D eigenvalue weighted by Gasteiger charge is 2.04. The van der Waals surface area contributed by atoms with Crippen molar-refractivity contribution in [3.63, 3.8) is 0 Å². The minimum atomic E-state index is -0.406. The average molecular weight is 280 g/mol. The predicted molar refractivity (Wildman–Crippen MR) is 61.8 cm³/mol. The van der Waals surface area contributed by atoms with Crippen LogP contribution in [0.15, 0.2) is 28.4 Å². The average Bonchev–Trinajstić information content (AvgIpc) is 2.26. The highest BCUT2D eigenvalue weighted by molar-refractivity contribution is 9.10. The van der Waals surface area contributed by atoms with Gasteiger partial charge in [0.1, 0.15) is 23.5 Å². The molecule has 0 aliphatic carbocycles. The standard InChI is InChI=1S/C11H7BrFN3/c1-7-2-9(12)10(13)3-11(7)16-6-8(4-14)5-15/h2-3,6,16H,1H3. The molecule has 3 nitrogen and oxygen atoms in total. The molecule has 5 heteroatoms. The number of hydrogen-bond acceptors (Lipinski definition) is 3. The van der Waals surface area contributed by atoms with E-state index < -0.39 is 5.82 Å². The summed E-state index contributed by atoms with van der Waals surface area (Å²) in [5, 5.41) is 19.7. The zero-order chi connectivity index (χ0) is 12.1. The Morgan fingerprint density at radius 3 is 2.62 bits per heavy atom. The lowest BCUT2D eigenvalue weighted by atomic mass is 10.2. The monoisotopic (exact) mass is 279 g/mol. The third kappa shape index (κ3) is 2.82. The summed E-state index contributed by atoms with van der Waals surface area (Å²) < 4.78 is 13.6. The van der Waals surface area contributed by atoms with Crippen molar-refractivity contribution in [2.45, 2.75) is 6.92 Å². The molecule has 80 valence electrons. The molecule has 0 aliphatic rings. The Labute approximate surface area is 101 Å². The molecular weight excluding hydrogens is 273 g/mol. The van der Waals surface area contributed by atoms with Gasteiger partial charge in [-0.25, -0.2) is 4.39 Å². The first-order chi connectivity index (χ1) is 7.58. The first kappa shape index (κ1) is 12.2. The molecule has 16 heavy (non-hydrogen) atoms. The van der Waals surface area contributed by atoms with Gasteiger partial charge in [-0.2, -0.15) is 10.5 Å². The molecule has 1 rings (SSSR count). The molecule has 0 heterocycles. The van der Waals surface area contributed by atoms with Crippen LogP contribution in [0.2, 0.25) is 0 Å². The van der Waals surface area contributed by atoms with Crippen LogP contribution in [0, 0.1) is 35.4 Å². The molecule has 1 aromatic rings. The molecule has 0 atom stereocenters. The van der Waals surface area contributed by atoms with Gasteiger partial charge in [0.2, 0.25) is 0 Å². The van der Waals surface area contributed by atoms with Gasteiger partial charge in [0, 0.05) is 11.9 Å². The summed E-state index contributed by atoms with van der Waals surface area (Å²) in [6, 6.07) is 6.31. The molecule has 0 saturated carbocycles. The lowest BCUT2D eigenvalue weighted by molar-refractivity contribution is 0.621. The van der Waals surface area contributed by atoms with Crippen LogP contribution < -0.4 is 5.32 Å². The number of allylic oxidation sites excluding steroid dienone is 1. The fourth-order valence-electron chi connectivity index (χ4n) is 1.04. The van der Waals surface area contributed by atoms with Crippen molar-refractivity contribution >= 4 is 21.6 Å². The lowest BCUT2D eigenvalue weighted by Gasteiger charge is -2.06. The Balaban J connectivity index is 3.01. The van der Waals surface area contributed by atoms with Crippen molar-refractivity contribution in [3.05, 3.63) is 39.8 Å². The summed E-state index contributed by atoms with van der Waals surface area (Å²) in [5.41, 5.74) is 1.26. The quantitative estimate of drug-likeness (QED) is 0.846. The molecule has 0 radical (unpaired) electrons. The van der Waals surface area contributed by atoms with Crippen molar-refractivity contribution < 1.29 is 4.39 Å². The normalized spacial score (nSPS) is 8.81. The lowest BCUT2D eigenvalue weighted by Crippen LogP contribution is -1.94. The molecule has 0 fully saturated rings. The van der Waals surface area contributed by atoms with Crippen LogP contribution in [-0.2, 0) is 0 Å². The van der Waals surface area contributed by atoms with Crippen molar-refractivity contribution in [2.24, 2.45) is 0 Å². The van der Waals surface area contributed by atoms with Crippen LogP contribution in [0.5, 0.6) is 0 Å². The van der Waals surface area contributed by atoms with Crippen LogP contribution in [-0.4, -0.2) is 0 Å². The van der Waals surface area contributed by atoms with Gasteiger partial charge >= 0.3 is 0 Å². The zero-order valence-electron chi connectivity index (χ0n) is 8.38. The summed E-state index contributed by atoms with van der Waals surface area (Å²) in [6.45, 7) is 1.79. The van der Waals surface area contributed by atoms with Crippen molar-refractivity contribution in [1.29, 1.82) is 10.5 Å². The number of nitrogens with zero attached hydrogens (tertiary/aromatic N) is 2. The SMILES string of the molecule is Cc1cc(Br)c(F)cc1NC=C(C#N)C#N. The number of hydrogen-bond donors (Lipinski definition) is 1. The summed E-state index contributed by atoms with van der Waals surface area (Å²) >= 11 is 3.06. The fraction of sp³-hybridized carbons (Fsp3) is 0.0909. The smallest absolute Gasteiger partial charge is 0.145 e. The van der Waals surface area contributed by atoms with E-state index in [9.17, 15) is 4.39 Å². The van der Waals surface area contributed by atoms with Crippen LogP contribution in [0.1, 0.15) is 5.56 Å². The topological polar surface area (TPSA) is 59.6 Å². The van der Waals surface area contributed by atoms with E-state index in [1.807, 2.05) is 0 Å². The molecule has 1 aromatic carbocycles. The van der Waals surface area contributed by atoms with Crippen LogP contribution >= 0.6 is 15.9 Å². The van der Waals surface area contributed by atoms with E-state index in [0.717, 1.165) is 5.56 Å². The van der Waals surface area contributed by atoms with E-state index in [1.165, 1.54) is 12.3 Å². The van der Waals surface area contributed by atoms with Crippen LogP contribution in [0.25, 0.3) is 0 Å². The van der Waals surface area contributed by atoms with Gasteiger partial charge in [0.15, 0.2) is 0 Å². The van der Waals surface area contributed by atoms with Crippen LogP contribution in [0.4, 0.5) is 10.1 Å². The molecule has 0 spiro atoms. The fourth-order valence-corrected chi connectivity index (χ4v) is 1.50. The van der Waals surface area contributed by atoms with Crippen molar-refractivity contribution in [2.75, 3.05) is 5.32 Å². The number of anilines is 1. The van der Waals surface area contributed by atoms with Gasteiger partial charge in [0.25, 0.3) is 0 Å². The third-order valence-electron chi connectivity index (χ3n) is 1.88. The summed E-state index contributed by atoms with van der Waals surface area (Å²) in [5.74, 6) is -0.406. The van der Waals surface area contributed by atoms with Gasteiger partial charge in [0.05, 0.1) is 4.47 Å². The van der Waals surface area contributed by atoms with Crippen LogP contribution in [0.3, 0.4) is 0 Å². The molecule has 0 aromatic heterocycles. The predicted octanol–water partition coefficient (Wildman–Crippen LogP) is 3.24. The maximum Gasteiger partial charge on any atom is 0.145 e. The van der Waals surface area contributed by atoms with E-state index in [2.05, 4.69) is 21.2 Å². The number of halogens is 2. The van der Waals surface area contributed by atoms with Gasteiger partial charge < -0.3 is 5.32 Å². The minimum Gasteiger partial charge on any atom is -0.360 e. The van der Waals surface area contributed by atoms with Gasteiger partial charge in [-0.1, -0.05) is 0 Å². The second-order valence-corrected chi connectivity index (χ2v) is 3.86. The minimum absolute atomic E-state index is 0.0669. The highest BCUT2D eigenvalue weighted by Crippen LogP contribution is 2.23. The van der Waals surface area contributed by atoms with E-state index in [-0.39, 0.29) is 5.57 Å². The Hall–Kier alpha value is -1.85. The number of nitriles is 2. The van der Waals surface area contributed by atoms with Crippen molar-refractivity contribution in [3.8, 4) is 12.1 Å². The van der Waals surface area contributed by atoms with E-state index in [4.69, 9.17) is 10.5 Å². The number of rotatable bonds is 2. The third-order valence-corrected chi connectivity index (χ3v) is 2.49. The molecule has 0 unspecified atom stereocenters. The maximum atomic E-state index is 13.2. The second-order valence-electron chi connectivity index (χ2n) is 3.01. The molecule has 0 aliphatic heterocycles. The summed E-state index contributed by atoms with van der Waals surface area (Å²) in [4.78, 5) is 0. The highest BCUT2D eigenvalue weighted by atomic mass is 79.9. The molecule has 1 N–H and O–H groups in total. The molecule has 0 amide bonds. The Morgan fingerprint density at radius 1 is 1.44 bits per heavy atom. The second kappa shape index (κ2) is 5.29. The number of benzene rings is 1. The first-order valence-electron chi connectivity index (χ1n) is 4.31. The molecule has 0 saturated heterocycles. The summed E-state index contributed by atoms with van der Waals surface area (Å²) in [7, 11) is 0. The van der Waals surface area contributed by atoms with Gasteiger partial charge in [-0.05, 0) is 40.5 Å². The molecule has 0 bridgehead atoms. The summed E-state index contributed by atoms with van der Waals surface area (Å²) in [6.07, 6.45) is 1.25. The number of nitrogens with one attached hydrogen (secondary N) is 1. The molecular formula is C11H7BrFN3. The zero-order valence-corrected chi connectivity index (χ0v) is 9.97. The van der Waals surface area contributed by atoms with Gasteiger partial charge in [-0.15, -0.1) is 0 Å². The van der Waals surface area contributed by atoms with E-state index >= 15 is 0 Å². The van der Waals surface area contributed by atoms with Gasteiger partial charge in [-0.3, -0.25) is 0 Å². The Kier molecular flexibility index (Phi) is 4.04. The van der Waals surface area contributed by atoms with E-state index in [0.29, 0.717) is 10.2 Å². The first-order valence-corrected chi connectivity index (χ1v) is 5.10. The largest absolute Gasteiger partial charge is 0.360 e. The Morgan fingerprint density at radius 2 is 2.06 bits per heavy atom. The number of aryl methyl sites for hydroxylation is 1. The maximum absolute atomic E-state index is 13.2. The van der Waals surface area contributed by atoms with Crippen molar-refractivity contribution in [1.82, 2.24) is 0 Å². The van der Waals surface area contributed by atoms with E-state index in [1.54, 1.807) is 25.1 Å².